The molecule has 1 rings (SSSR count). The van der Waals surface area contributed by atoms with Crippen LogP contribution in [-0.4, -0.2) is 41.1 Å². The molecule has 0 fully saturated rings. The fourth-order valence-corrected chi connectivity index (χ4v) is 2.31. The Balaban J connectivity index is 0.00000232. The Morgan fingerprint density at radius 2 is 1.87 bits per heavy atom. The van der Waals surface area contributed by atoms with Gasteiger partial charge in [0.25, 0.3) is 0 Å². The normalized spacial score (nSPS) is 11.3. The van der Waals surface area contributed by atoms with Crippen molar-refractivity contribution in [3.63, 3.8) is 0 Å². The van der Waals surface area contributed by atoms with Gasteiger partial charge in [0.05, 0.1) is 12.0 Å². The summed E-state index contributed by atoms with van der Waals surface area (Å²) in [7, 11) is 2.80. The molecule has 1 aromatic heterocycles. The first-order chi connectivity index (χ1) is 10.7. The van der Waals surface area contributed by atoms with E-state index < -0.39 is 16.9 Å². The van der Waals surface area contributed by atoms with Gasteiger partial charge in [0.15, 0.2) is 0 Å². The Kier molecular flexibility index (Phi) is 8.45. The molecule has 1 unspecified atom stereocenters. The van der Waals surface area contributed by atoms with Crippen LogP contribution in [0.3, 0.4) is 0 Å². The summed E-state index contributed by atoms with van der Waals surface area (Å²) in [6.07, 6.45) is 0. The molecule has 1 heterocycles. The topological polar surface area (TPSA) is 98.5 Å². The number of rotatable bonds is 5. The molecule has 1 atom stereocenters. The van der Waals surface area contributed by atoms with Crippen LogP contribution in [-0.2, 0) is 9.53 Å². The predicted molar refractivity (Wildman–Crippen MR) is 88.8 cm³/mol. The highest BCUT2D eigenvalue weighted by atomic mass is 35.5. The summed E-state index contributed by atoms with van der Waals surface area (Å²) in [5, 5.41) is 11.1. The van der Waals surface area contributed by atoms with E-state index in [1.165, 1.54) is 26.0 Å². The molecule has 0 saturated carbocycles. The monoisotopic (exact) mass is 346 g/mol. The molecule has 8 nitrogen and oxygen atoms in total. The van der Waals surface area contributed by atoms with E-state index in [1.807, 2.05) is 13.8 Å². The largest absolute Gasteiger partial charge is 0.467 e. The average molecular weight is 347 g/mol. The van der Waals surface area contributed by atoms with Crippen LogP contribution in [0.15, 0.2) is 0 Å². The van der Waals surface area contributed by atoms with Gasteiger partial charge in [0.1, 0.15) is 11.7 Å². The number of carbonyl (C=O) groups excluding carboxylic acids is 1. The van der Waals surface area contributed by atoms with Crippen molar-refractivity contribution in [1.29, 1.82) is 0 Å². The summed E-state index contributed by atoms with van der Waals surface area (Å²) in [5.74, 6) is -0.660. The number of nitro groups is 1. The Hall–Kier alpha value is -1.96. The zero-order valence-electron chi connectivity index (χ0n) is 14.5. The smallest absolute Gasteiger partial charge is 0.332 e. The van der Waals surface area contributed by atoms with Crippen molar-refractivity contribution in [1.82, 2.24) is 9.97 Å². The average Bonchev–Trinajstić information content (AvgIpc) is 2.47. The molecule has 0 aliphatic rings. The lowest BCUT2D eigenvalue weighted by atomic mass is 10.0. The number of anilines is 1. The van der Waals surface area contributed by atoms with Crippen molar-refractivity contribution >= 4 is 29.1 Å². The van der Waals surface area contributed by atoms with Crippen molar-refractivity contribution < 1.29 is 14.5 Å². The van der Waals surface area contributed by atoms with E-state index in [1.54, 1.807) is 13.8 Å². The van der Waals surface area contributed by atoms with Gasteiger partial charge in [-0.25, -0.2) is 9.78 Å². The number of hydrogen-bond acceptors (Lipinski definition) is 7. The minimum atomic E-state index is -0.723. The zero-order valence-corrected chi connectivity index (χ0v) is 15.2. The molecular weight excluding hydrogens is 324 g/mol. The summed E-state index contributed by atoms with van der Waals surface area (Å²) in [6, 6.07) is -0.723. The number of aryl methyl sites for hydroxylation is 1. The summed E-state index contributed by atoms with van der Waals surface area (Å²) in [5.41, 5.74) is -0.148. The third-order valence-electron chi connectivity index (χ3n) is 3.02. The highest BCUT2D eigenvalue weighted by Crippen LogP contribution is 2.31. The molecule has 0 bridgehead atoms. The first-order valence-corrected chi connectivity index (χ1v) is 7.57. The van der Waals surface area contributed by atoms with Crippen LogP contribution in [0.4, 0.5) is 11.5 Å². The van der Waals surface area contributed by atoms with Crippen LogP contribution in [0, 0.1) is 23.0 Å². The van der Waals surface area contributed by atoms with Gasteiger partial charge in [-0.2, -0.15) is 4.98 Å². The van der Waals surface area contributed by atoms with E-state index in [0.29, 0.717) is 0 Å². The number of halogens is 1. The minimum Gasteiger partial charge on any atom is -0.467 e. The van der Waals surface area contributed by atoms with Gasteiger partial charge in [-0.3, -0.25) is 10.1 Å². The standard InChI is InChI=1S/C12H17ClN4O4.C2H6/c1-6(2)8(11(18)21-5)16(4)10-9(17(19)20)7(3)14-12(13)15-10;1-2/h6,8H,1-5H3;1-2H3. The first kappa shape index (κ1) is 21.0. The number of methoxy groups -OCH3 is 1. The summed E-state index contributed by atoms with van der Waals surface area (Å²) < 4.78 is 4.75. The molecule has 0 N–H and O–H groups in total. The van der Waals surface area contributed by atoms with E-state index >= 15 is 0 Å². The lowest BCUT2D eigenvalue weighted by Gasteiger charge is -2.29. The van der Waals surface area contributed by atoms with E-state index in [-0.39, 0.29) is 28.4 Å². The van der Waals surface area contributed by atoms with Crippen LogP contribution in [0.1, 0.15) is 33.4 Å². The SMILES string of the molecule is CC.COC(=O)C(C(C)C)N(C)c1nc(Cl)nc(C)c1[N+](=O)[O-]. The summed E-state index contributed by atoms with van der Waals surface area (Å²) in [4.78, 5) is 31.6. The second-order valence-electron chi connectivity index (χ2n) is 4.83. The third-order valence-corrected chi connectivity index (χ3v) is 3.19. The molecule has 23 heavy (non-hydrogen) atoms. The molecule has 0 saturated heterocycles. The number of likely N-dealkylation sites (N-methyl/N-ethyl adjacent to an activating group) is 1. The summed E-state index contributed by atoms with van der Waals surface area (Å²) in [6.45, 7) is 9.07. The van der Waals surface area contributed by atoms with Gasteiger partial charge in [-0.05, 0) is 24.4 Å². The number of nitrogens with zero attached hydrogens (tertiary/aromatic N) is 4. The van der Waals surface area contributed by atoms with E-state index in [9.17, 15) is 14.9 Å². The predicted octanol–water partition coefficient (Wildman–Crippen LogP) is 3.01. The van der Waals surface area contributed by atoms with Crippen LogP contribution in [0.5, 0.6) is 0 Å². The van der Waals surface area contributed by atoms with Crippen LogP contribution >= 0.6 is 11.6 Å². The van der Waals surface area contributed by atoms with E-state index in [2.05, 4.69) is 9.97 Å². The molecule has 0 aliphatic heterocycles. The van der Waals surface area contributed by atoms with Gasteiger partial charge in [-0.15, -0.1) is 0 Å². The van der Waals surface area contributed by atoms with E-state index in [0.717, 1.165) is 0 Å². The molecule has 0 radical (unpaired) electrons. The molecule has 0 aromatic carbocycles. The van der Waals surface area contributed by atoms with E-state index in [4.69, 9.17) is 16.3 Å². The fourth-order valence-electron chi connectivity index (χ4n) is 2.11. The summed E-state index contributed by atoms with van der Waals surface area (Å²) >= 11 is 5.78. The minimum absolute atomic E-state index is 0.0124. The second-order valence-corrected chi connectivity index (χ2v) is 5.17. The maximum absolute atomic E-state index is 11.9. The van der Waals surface area contributed by atoms with Crippen molar-refractivity contribution in [2.45, 2.75) is 40.7 Å². The van der Waals surface area contributed by atoms with Crippen molar-refractivity contribution in [2.24, 2.45) is 5.92 Å². The Labute approximate surface area is 141 Å². The Morgan fingerprint density at radius 1 is 1.35 bits per heavy atom. The van der Waals surface area contributed by atoms with Crippen LogP contribution in [0.25, 0.3) is 0 Å². The van der Waals surface area contributed by atoms with Crippen molar-refractivity contribution in [3.05, 3.63) is 21.1 Å². The number of aromatic nitrogens is 2. The zero-order chi connectivity index (χ0) is 18.3. The van der Waals surface area contributed by atoms with Gasteiger partial charge >= 0.3 is 11.7 Å². The molecule has 0 spiro atoms. The van der Waals surface area contributed by atoms with Gasteiger partial charge in [-0.1, -0.05) is 27.7 Å². The van der Waals surface area contributed by atoms with Crippen LogP contribution < -0.4 is 4.90 Å². The maximum Gasteiger partial charge on any atom is 0.332 e. The molecular formula is C14H23ClN4O4. The van der Waals surface area contributed by atoms with Gasteiger partial charge in [0.2, 0.25) is 11.1 Å². The van der Waals surface area contributed by atoms with Gasteiger partial charge in [0, 0.05) is 7.05 Å². The lowest BCUT2D eigenvalue weighted by Crippen LogP contribution is -2.44. The number of ether oxygens (including phenoxy) is 1. The Bertz CT molecular complexity index is 566. The second kappa shape index (κ2) is 9.24. The van der Waals surface area contributed by atoms with Crippen molar-refractivity contribution in [2.75, 3.05) is 19.1 Å². The number of carbonyl (C=O) groups is 1. The highest BCUT2D eigenvalue weighted by molar-refractivity contribution is 6.28. The van der Waals surface area contributed by atoms with Crippen LogP contribution in [0.2, 0.25) is 5.28 Å². The number of esters is 1. The van der Waals surface area contributed by atoms with Gasteiger partial charge < -0.3 is 9.64 Å². The molecule has 0 amide bonds. The lowest BCUT2D eigenvalue weighted by molar-refractivity contribution is -0.385. The highest BCUT2D eigenvalue weighted by Gasteiger charge is 2.34. The quantitative estimate of drug-likeness (QED) is 0.349. The maximum atomic E-state index is 11.9. The molecule has 1 aromatic rings. The number of hydrogen-bond donors (Lipinski definition) is 0. The Morgan fingerprint density at radius 3 is 2.26 bits per heavy atom. The molecule has 9 heteroatoms. The third kappa shape index (κ3) is 5.02. The molecule has 130 valence electrons. The first-order valence-electron chi connectivity index (χ1n) is 7.19. The molecule has 0 aliphatic carbocycles. The fraction of sp³-hybridized carbons (Fsp3) is 0.643. The van der Waals surface area contributed by atoms with Crippen molar-refractivity contribution in [3.8, 4) is 0 Å².